The summed E-state index contributed by atoms with van der Waals surface area (Å²) in [6, 6.07) is 12.7. The first-order valence-electron chi connectivity index (χ1n) is 7.04. The van der Waals surface area contributed by atoms with Gasteiger partial charge in [0.1, 0.15) is 6.61 Å². The van der Waals surface area contributed by atoms with Gasteiger partial charge >= 0.3 is 5.97 Å². The summed E-state index contributed by atoms with van der Waals surface area (Å²) in [5.74, 6) is 0.525. The van der Waals surface area contributed by atoms with Gasteiger partial charge in [-0.15, -0.1) is 0 Å². The molecule has 0 radical (unpaired) electrons. The molecule has 0 spiro atoms. The SMILES string of the molecule is O=C(OCc1ccccc1)c1cc(Cl)c2c(c1)OCCCO2. The molecule has 0 atom stereocenters. The maximum atomic E-state index is 12.2. The first-order chi connectivity index (χ1) is 10.7. The molecule has 1 aliphatic heterocycles. The number of benzene rings is 2. The maximum absolute atomic E-state index is 12.2. The second kappa shape index (κ2) is 6.71. The Bertz CT molecular complexity index is 670. The molecule has 0 amide bonds. The molecule has 22 heavy (non-hydrogen) atoms. The van der Waals surface area contributed by atoms with Crippen molar-refractivity contribution in [3.05, 3.63) is 58.6 Å². The molecule has 5 heteroatoms. The van der Waals surface area contributed by atoms with E-state index in [0.29, 0.717) is 35.3 Å². The summed E-state index contributed by atoms with van der Waals surface area (Å²) in [6.45, 7) is 1.29. The molecule has 4 nitrogen and oxygen atoms in total. The van der Waals surface area contributed by atoms with Gasteiger partial charge in [0.15, 0.2) is 11.5 Å². The van der Waals surface area contributed by atoms with E-state index in [9.17, 15) is 4.79 Å². The highest BCUT2D eigenvalue weighted by atomic mass is 35.5. The van der Waals surface area contributed by atoms with Gasteiger partial charge in [-0.2, -0.15) is 0 Å². The molecular formula is C17H15ClO4. The van der Waals surface area contributed by atoms with Gasteiger partial charge in [0, 0.05) is 6.42 Å². The summed E-state index contributed by atoms with van der Waals surface area (Å²) in [6.07, 6.45) is 0.777. The average molecular weight is 319 g/mol. The molecule has 2 aromatic carbocycles. The monoisotopic (exact) mass is 318 g/mol. The van der Waals surface area contributed by atoms with Crippen molar-refractivity contribution < 1.29 is 19.0 Å². The number of carbonyl (C=O) groups is 1. The molecule has 114 valence electrons. The van der Waals surface area contributed by atoms with Gasteiger partial charge in [-0.25, -0.2) is 4.79 Å². The van der Waals surface area contributed by atoms with Crippen LogP contribution in [0, 0.1) is 0 Å². The number of esters is 1. The van der Waals surface area contributed by atoms with E-state index in [0.717, 1.165) is 12.0 Å². The topological polar surface area (TPSA) is 44.8 Å². The van der Waals surface area contributed by atoms with Gasteiger partial charge in [0.2, 0.25) is 0 Å². The van der Waals surface area contributed by atoms with E-state index in [-0.39, 0.29) is 6.61 Å². The molecule has 0 saturated heterocycles. The van der Waals surface area contributed by atoms with E-state index in [2.05, 4.69) is 0 Å². The van der Waals surface area contributed by atoms with E-state index >= 15 is 0 Å². The highest BCUT2D eigenvalue weighted by molar-refractivity contribution is 6.32. The van der Waals surface area contributed by atoms with Crippen LogP contribution in [0.1, 0.15) is 22.3 Å². The van der Waals surface area contributed by atoms with Crippen molar-refractivity contribution in [1.82, 2.24) is 0 Å². The van der Waals surface area contributed by atoms with E-state index in [1.165, 1.54) is 0 Å². The first-order valence-corrected chi connectivity index (χ1v) is 7.42. The van der Waals surface area contributed by atoms with Crippen LogP contribution in [0.2, 0.25) is 5.02 Å². The maximum Gasteiger partial charge on any atom is 0.338 e. The summed E-state index contributed by atoms with van der Waals surface area (Å²) in [5.41, 5.74) is 1.28. The fraction of sp³-hybridized carbons (Fsp3) is 0.235. The molecule has 1 heterocycles. The molecule has 2 aromatic rings. The Labute approximate surface area is 133 Å². The Kier molecular flexibility index (Phi) is 4.49. The zero-order chi connectivity index (χ0) is 15.4. The van der Waals surface area contributed by atoms with Crippen LogP contribution in [-0.4, -0.2) is 19.2 Å². The van der Waals surface area contributed by atoms with Crippen molar-refractivity contribution >= 4 is 17.6 Å². The van der Waals surface area contributed by atoms with Crippen LogP contribution in [0.3, 0.4) is 0 Å². The number of ether oxygens (including phenoxy) is 3. The third-order valence-corrected chi connectivity index (χ3v) is 3.53. The van der Waals surface area contributed by atoms with E-state index in [1.807, 2.05) is 30.3 Å². The fourth-order valence-electron chi connectivity index (χ4n) is 2.16. The molecular weight excluding hydrogens is 304 g/mol. The van der Waals surface area contributed by atoms with Crippen molar-refractivity contribution in [2.24, 2.45) is 0 Å². The molecule has 0 bridgehead atoms. The normalized spacial score (nSPS) is 13.3. The lowest BCUT2D eigenvalue weighted by atomic mass is 10.2. The van der Waals surface area contributed by atoms with Crippen LogP contribution in [0.5, 0.6) is 11.5 Å². The van der Waals surface area contributed by atoms with Gasteiger partial charge in [-0.1, -0.05) is 41.9 Å². The first kappa shape index (κ1) is 14.7. The number of halogens is 1. The van der Waals surface area contributed by atoms with E-state index in [1.54, 1.807) is 12.1 Å². The highest BCUT2D eigenvalue weighted by Gasteiger charge is 2.19. The summed E-state index contributed by atoms with van der Waals surface area (Å²) < 4.78 is 16.4. The highest BCUT2D eigenvalue weighted by Crippen LogP contribution is 2.38. The number of hydrogen-bond donors (Lipinski definition) is 0. The lowest BCUT2D eigenvalue weighted by molar-refractivity contribution is 0.0472. The molecule has 0 saturated carbocycles. The third kappa shape index (κ3) is 3.34. The standard InChI is InChI=1S/C17H15ClO4/c18-14-9-13(10-15-16(14)21-8-4-7-20-15)17(19)22-11-12-5-2-1-3-6-12/h1-3,5-6,9-10H,4,7-8,11H2. The predicted molar refractivity (Wildman–Crippen MR) is 82.6 cm³/mol. The van der Waals surface area contributed by atoms with Crippen LogP contribution in [0.15, 0.2) is 42.5 Å². The summed E-state index contributed by atoms with van der Waals surface area (Å²) in [7, 11) is 0. The summed E-state index contributed by atoms with van der Waals surface area (Å²) in [4.78, 5) is 12.2. The van der Waals surface area contributed by atoms with Crippen molar-refractivity contribution in [3.8, 4) is 11.5 Å². The number of hydrogen-bond acceptors (Lipinski definition) is 4. The molecule has 0 fully saturated rings. The minimum Gasteiger partial charge on any atom is -0.489 e. The quantitative estimate of drug-likeness (QED) is 0.806. The molecule has 3 rings (SSSR count). The van der Waals surface area contributed by atoms with Crippen LogP contribution < -0.4 is 9.47 Å². The van der Waals surface area contributed by atoms with Crippen molar-refractivity contribution in [3.63, 3.8) is 0 Å². The van der Waals surface area contributed by atoms with Crippen LogP contribution in [0.4, 0.5) is 0 Å². The minimum absolute atomic E-state index is 0.214. The molecule has 1 aliphatic rings. The molecule has 0 unspecified atom stereocenters. The second-order valence-electron chi connectivity index (χ2n) is 4.90. The zero-order valence-corrected chi connectivity index (χ0v) is 12.6. The Balaban J connectivity index is 1.75. The van der Waals surface area contributed by atoms with Gasteiger partial charge in [-0.05, 0) is 17.7 Å². The van der Waals surface area contributed by atoms with Crippen LogP contribution in [0.25, 0.3) is 0 Å². The van der Waals surface area contributed by atoms with Gasteiger partial charge < -0.3 is 14.2 Å². The van der Waals surface area contributed by atoms with Crippen molar-refractivity contribution in [1.29, 1.82) is 0 Å². The Morgan fingerprint density at radius 1 is 1.14 bits per heavy atom. The fourth-order valence-corrected chi connectivity index (χ4v) is 2.42. The van der Waals surface area contributed by atoms with Crippen LogP contribution >= 0.6 is 11.6 Å². The van der Waals surface area contributed by atoms with Crippen LogP contribution in [-0.2, 0) is 11.3 Å². The average Bonchev–Trinajstić information content (AvgIpc) is 2.79. The zero-order valence-electron chi connectivity index (χ0n) is 11.9. The van der Waals surface area contributed by atoms with Crippen molar-refractivity contribution in [2.45, 2.75) is 13.0 Å². The Morgan fingerprint density at radius 3 is 2.73 bits per heavy atom. The van der Waals surface area contributed by atoms with Crippen molar-refractivity contribution in [2.75, 3.05) is 13.2 Å². The molecule has 0 N–H and O–H groups in total. The smallest absolute Gasteiger partial charge is 0.338 e. The lowest BCUT2D eigenvalue weighted by Gasteiger charge is -2.11. The van der Waals surface area contributed by atoms with Gasteiger partial charge in [0.05, 0.1) is 23.8 Å². The lowest BCUT2D eigenvalue weighted by Crippen LogP contribution is -2.06. The number of rotatable bonds is 3. The Hall–Kier alpha value is -2.20. The number of carbonyl (C=O) groups excluding carboxylic acids is 1. The molecule has 0 aliphatic carbocycles. The van der Waals surface area contributed by atoms with Gasteiger partial charge in [-0.3, -0.25) is 0 Å². The minimum atomic E-state index is -0.443. The third-order valence-electron chi connectivity index (χ3n) is 3.25. The van der Waals surface area contributed by atoms with E-state index < -0.39 is 5.97 Å². The largest absolute Gasteiger partial charge is 0.489 e. The van der Waals surface area contributed by atoms with Gasteiger partial charge in [0.25, 0.3) is 0 Å². The molecule has 0 aromatic heterocycles. The number of fused-ring (bicyclic) bond motifs is 1. The van der Waals surface area contributed by atoms with E-state index in [4.69, 9.17) is 25.8 Å². The Morgan fingerprint density at radius 2 is 1.91 bits per heavy atom. The summed E-state index contributed by atoms with van der Waals surface area (Å²) >= 11 is 6.17. The predicted octanol–water partition coefficient (Wildman–Crippen LogP) is 3.86. The second-order valence-corrected chi connectivity index (χ2v) is 5.30. The summed E-state index contributed by atoms with van der Waals surface area (Å²) in [5, 5.41) is 0.353.